The monoisotopic (exact) mass is 205 g/mol. The van der Waals surface area contributed by atoms with Gasteiger partial charge in [-0.25, -0.2) is 0 Å². The minimum Gasteiger partial charge on any atom is -0.370 e. The fourth-order valence-electron chi connectivity index (χ4n) is 1.45. The summed E-state index contributed by atoms with van der Waals surface area (Å²) in [5.41, 5.74) is 6.63. The molecular formula is C12H19N3. The maximum absolute atomic E-state index is 7.56. The molecule has 1 rings (SSSR count). The Balaban J connectivity index is 2.82. The normalized spacial score (nSPS) is 11.1. The molecule has 82 valence electrons. The first kappa shape index (κ1) is 11.6. The summed E-state index contributed by atoms with van der Waals surface area (Å²) in [5.74, 6) is 0.117. The van der Waals surface area contributed by atoms with Crippen molar-refractivity contribution in [2.24, 2.45) is 5.73 Å². The third-order valence-corrected chi connectivity index (χ3v) is 2.28. The van der Waals surface area contributed by atoms with Crippen molar-refractivity contribution in [1.82, 2.24) is 4.90 Å². The molecule has 0 aliphatic carbocycles. The van der Waals surface area contributed by atoms with Gasteiger partial charge in [0, 0.05) is 12.1 Å². The molecule has 0 aromatic heterocycles. The number of hydrogen-bond acceptors (Lipinski definition) is 1. The summed E-state index contributed by atoms with van der Waals surface area (Å²) < 4.78 is 0. The zero-order chi connectivity index (χ0) is 11.5. The summed E-state index contributed by atoms with van der Waals surface area (Å²) in [6.45, 7) is 6.84. The molecule has 0 aliphatic heterocycles. The van der Waals surface area contributed by atoms with Crippen LogP contribution in [0.1, 0.15) is 26.3 Å². The Kier molecular flexibility index (Phi) is 3.35. The van der Waals surface area contributed by atoms with Crippen LogP contribution < -0.4 is 5.73 Å². The predicted molar refractivity (Wildman–Crippen MR) is 63.7 cm³/mol. The summed E-state index contributed by atoms with van der Waals surface area (Å²) in [5, 5.41) is 7.56. The average Bonchev–Trinajstić information content (AvgIpc) is 2.13. The van der Waals surface area contributed by atoms with Gasteiger partial charge in [-0.2, -0.15) is 0 Å². The second-order valence-corrected chi connectivity index (χ2v) is 4.63. The number of guanidine groups is 1. The van der Waals surface area contributed by atoms with Gasteiger partial charge in [0.2, 0.25) is 0 Å². The largest absolute Gasteiger partial charge is 0.370 e. The van der Waals surface area contributed by atoms with E-state index in [0.717, 1.165) is 0 Å². The van der Waals surface area contributed by atoms with Gasteiger partial charge in [-0.05, 0) is 26.3 Å². The third kappa shape index (κ3) is 3.27. The van der Waals surface area contributed by atoms with Crippen LogP contribution in [0.25, 0.3) is 0 Å². The Labute approximate surface area is 91.4 Å². The maximum atomic E-state index is 7.56. The van der Waals surface area contributed by atoms with Crippen LogP contribution in [0.5, 0.6) is 0 Å². The third-order valence-electron chi connectivity index (χ3n) is 2.28. The minimum absolute atomic E-state index is 0.117. The zero-order valence-corrected chi connectivity index (χ0v) is 9.62. The van der Waals surface area contributed by atoms with E-state index < -0.39 is 0 Å². The van der Waals surface area contributed by atoms with Crippen LogP contribution in [0, 0.1) is 5.41 Å². The van der Waals surface area contributed by atoms with Crippen molar-refractivity contribution in [3.63, 3.8) is 0 Å². The highest BCUT2D eigenvalue weighted by molar-refractivity contribution is 5.75. The molecule has 1 aromatic carbocycles. The van der Waals surface area contributed by atoms with E-state index >= 15 is 0 Å². The average molecular weight is 205 g/mol. The number of rotatable bonds is 2. The SMILES string of the molecule is CC(C)(C)N(Cc1ccccc1)C(=N)N. The summed E-state index contributed by atoms with van der Waals surface area (Å²) in [6, 6.07) is 10.1. The van der Waals surface area contributed by atoms with Crippen LogP contribution in [0.3, 0.4) is 0 Å². The van der Waals surface area contributed by atoms with Crippen molar-refractivity contribution < 1.29 is 0 Å². The van der Waals surface area contributed by atoms with Crippen LogP contribution in [-0.4, -0.2) is 16.4 Å². The summed E-state index contributed by atoms with van der Waals surface area (Å²) in [4.78, 5) is 1.88. The van der Waals surface area contributed by atoms with E-state index in [1.807, 2.05) is 35.2 Å². The molecule has 3 N–H and O–H groups in total. The van der Waals surface area contributed by atoms with Crippen LogP contribution in [0.2, 0.25) is 0 Å². The standard InChI is InChI=1S/C12H19N3/c1-12(2,3)15(11(13)14)9-10-7-5-4-6-8-10/h4-8H,9H2,1-3H3,(H3,13,14). The molecule has 1 aromatic rings. The van der Waals surface area contributed by atoms with E-state index in [0.29, 0.717) is 6.54 Å². The lowest BCUT2D eigenvalue weighted by atomic mass is 10.1. The van der Waals surface area contributed by atoms with Crippen LogP contribution in [0.15, 0.2) is 30.3 Å². The Morgan fingerprint density at radius 2 is 1.80 bits per heavy atom. The molecule has 0 saturated carbocycles. The lowest BCUT2D eigenvalue weighted by molar-refractivity contribution is 0.225. The fourth-order valence-corrected chi connectivity index (χ4v) is 1.45. The topological polar surface area (TPSA) is 53.1 Å². The molecule has 0 aliphatic rings. The molecule has 0 heterocycles. The lowest BCUT2D eigenvalue weighted by Crippen LogP contribution is -2.48. The number of nitrogens with zero attached hydrogens (tertiary/aromatic N) is 1. The highest BCUT2D eigenvalue weighted by atomic mass is 15.3. The van der Waals surface area contributed by atoms with Gasteiger partial charge in [-0.1, -0.05) is 30.3 Å². The van der Waals surface area contributed by atoms with E-state index in [1.165, 1.54) is 5.56 Å². The van der Waals surface area contributed by atoms with Crippen LogP contribution in [0.4, 0.5) is 0 Å². The van der Waals surface area contributed by atoms with E-state index in [2.05, 4.69) is 20.8 Å². The van der Waals surface area contributed by atoms with Crippen molar-refractivity contribution in [1.29, 1.82) is 5.41 Å². The Morgan fingerprint density at radius 3 is 2.20 bits per heavy atom. The molecule has 3 nitrogen and oxygen atoms in total. The predicted octanol–water partition coefficient (Wildman–Crippen LogP) is 2.18. The van der Waals surface area contributed by atoms with Gasteiger partial charge in [0.25, 0.3) is 0 Å². The number of hydrogen-bond donors (Lipinski definition) is 2. The number of nitrogens with two attached hydrogens (primary N) is 1. The molecule has 0 amide bonds. The number of benzene rings is 1. The molecule has 15 heavy (non-hydrogen) atoms. The van der Waals surface area contributed by atoms with E-state index in [1.54, 1.807) is 0 Å². The van der Waals surface area contributed by atoms with Gasteiger partial charge >= 0.3 is 0 Å². The van der Waals surface area contributed by atoms with E-state index in [4.69, 9.17) is 11.1 Å². The van der Waals surface area contributed by atoms with Gasteiger partial charge < -0.3 is 10.6 Å². The van der Waals surface area contributed by atoms with Gasteiger partial charge in [0.1, 0.15) is 0 Å². The van der Waals surface area contributed by atoms with Crippen LogP contribution >= 0.6 is 0 Å². The van der Waals surface area contributed by atoms with Gasteiger partial charge in [-0.15, -0.1) is 0 Å². The smallest absolute Gasteiger partial charge is 0.189 e. The van der Waals surface area contributed by atoms with Crippen molar-refractivity contribution in [3.05, 3.63) is 35.9 Å². The van der Waals surface area contributed by atoms with Crippen molar-refractivity contribution in [2.75, 3.05) is 0 Å². The molecule has 0 radical (unpaired) electrons. The molecule has 3 heteroatoms. The first-order valence-electron chi connectivity index (χ1n) is 5.07. The van der Waals surface area contributed by atoms with Crippen molar-refractivity contribution in [2.45, 2.75) is 32.9 Å². The zero-order valence-electron chi connectivity index (χ0n) is 9.62. The molecule has 0 bridgehead atoms. The summed E-state index contributed by atoms with van der Waals surface area (Å²) in [7, 11) is 0. The maximum Gasteiger partial charge on any atom is 0.189 e. The Bertz CT molecular complexity index is 324. The summed E-state index contributed by atoms with van der Waals surface area (Å²) >= 11 is 0. The van der Waals surface area contributed by atoms with E-state index in [9.17, 15) is 0 Å². The highest BCUT2D eigenvalue weighted by Crippen LogP contribution is 2.16. The molecule has 0 unspecified atom stereocenters. The van der Waals surface area contributed by atoms with Crippen molar-refractivity contribution in [3.8, 4) is 0 Å². The fraction of sp³-hybridized carbons (Fsp3) is 0.417. The Hall–Kier alpha value is -1.51. The lowest BCUT2D eigenvalue weighted by Gasteiger charge is -2.36. The molecular weight excluding hydrogens is 186 g/mol. The minimum atomic E-state index is -0.123. The van der Waals surface area contributed by atoms with Gasteiger partial charge in [0.05, 0.1) is 0 Å². The van der Waals surface area contributed by atoms with Crippen molar-refractivity contribution >= 4 is 5.96 Å². The molecule has 0 saturated heterocycles. The summed E-state index contributed by atoms with van der Waals surface area (Å²) in [6.07, 6.45) is 0. The first-order chi connectivity index (χ1) is 6.91. The molecule has 0 atom stereocenters. The van der Waals surface area contributed by atoms with Gasteiger partial charge in [-0.3, -0.25) is 5.41 Å². The number of nitrogens with one attached hydrogen (secondary N) is 1. The Morgan fingerprint density at radius 1 is 1.27 bits per heavy atom. The van der Waals surface area contributed by atoms with E-state index in [-0.39, 0.29) is 11.5 Å². The molecule has 0 spiro atoms. The highest BCUT2D eigenvalue weighted by Gasteiger charge is 2.22. The first-order valence-corrected chi connectivity index (χ1v) is 5.07. The molecule has 0 fully saturated rings. The second kappa shape index (κ2) is 4.34. The quantitative estimate of drug-likeness (QED) is 0.574. The van der Waals surface area contributed by atoms with Gasteiger partial charge in [0.15, 0.2) is 5.96 Å². The second-order valence-electron chi connectivity index (χ2n) is 4.63. The van der Waals surface area contributed by atoms with Crippen LogP contribution in [-0.2, 0) is 6.54 Å².